The van der Waals surface area contributed by atoms with Gasteiger partial charge in [-0.05, 0) is 24.6 Å². The fraction of sp³-hybridized carbons (Fsp3) is 0.250. The zero-order valence-corrected chi connectivity index (χ0v) is 14.1. The van der Waals surface area contributed by atoms with E-state index in [0.29, 0.717) is 16.7 Å². The van der Waals surface area contributed by atoms with Crippen LogP contribution in [0.2, 0.25) is 5.02 Å². The third-order valence-corrected chi connectivity index (χ3v) is 3.41. The Morgan fingerprint density at radius 1 is 1.21 bits per heavy atom. The highest BCUT2D eigenvalue weighted by Gasteiger charge is 2.13. The van der Waals surface area contributed by atoms with Crippen molar-refractivity contribution in [3.8, 4) is 0 Å². The van der Waals surface area contributed by atoms with Crippen LogP contribution in [0.5, 0.6) is 0 Å². The molecule has 2 N–H and O–H groups in total. The molecule has 126 valence electrons. The number of methoxy groups -OCH3 is 1. The van der Waals surface area contributed by atoms with Crippen LogP contribution in [-0.4, -0.2) is 35.5 Å². The predicted octanol–water partition coefficient (Wildman–Crippen LogP) is 2.99. The summed E-state index contributed by atoms with van der Waals surface area (Å²) < 4.78 is 4.64. The molecule has 8 heteroatoms. The van der Waals surface area contributed by atoms with Gasteiger partial charge in [0.15, 0.2) is 0 Å². The summed E-state index contributed by atoms with van der Waals surface area (Å²) in [6.45, 7) is 2.78. The smallest absolute Gasteiger partial charge is 0.337 e. The number of esters is 1. The Bertz CT molecular complexity index is 735. The van der Waals surface area contributed by atoms with Crippen molar-refractivity contribution in [2.75, 3.05) is 24.3 Å². The predicted molar refractivity (Wildman–Crippen MR) is 91.6 cm³/mol. The van der Waals surface area contributed by atoms with Crippen LogP contribution in [-0.2, 0) is 4.74 Å². The number of anilines is 2. The number of halogens is 1. The average molecular weight is 349 g/mol. The van der Waals surface area contributed by atoms with Gasteiger partial charge in [0.05, 0.1) is 28.9 Å². The summed E-state index contributed by atoms with van der Waals surface area (Å²) >= 11 is 6.05. The van der Waals surface area contributed by atoms with Crippen LogP contribution in [0.15, 0.2) is 30.6 Å². The summed E-state index contributed by atoms with van der Waals surface area (Å²) in [7, 11) is 1.28. The molecule has 0 saturated heterocycles. The zero-order chi connectivity index (χ0) is 17.5. The summed E-state index contributed by atoms with van der Waals surface area (Å²) in [5, 5.41) is 5.95. The quantitative estimate of drug-likeness (QED) is 0.779. The van der Waals surface area contributed by atoms with Crippen LogP contribution in [0.1, 0.15) is 34.1 Å². The van der Waals surface area contributed by atoms with Crippen LogP contribution in [0.4, 0.5) is 11.6 Å². The number of benzene rings is 1. The number of ether oxygens (including phenoxy) is 1. The molecule has 1 aromatic heterocycles. The van der Waals surface area contributed by atoms with Crippen LogP contribution in [0.3, 0.4) is 0 Å². The second-order valence-electron chi connectivity index (χ2n) is 4.86. The number of hydrogen-bond donors (Lipinski definition) is 2. The van der Waals surface area contributed by atoms with Gasteiger partial charge in [-0.25, -0.2) is 14.8 Å². The van der Waals surface area contributed by atoms with Gasteiger partial charge in [-0.1, -0.05) is 18.5 Å². The van der Waals surface area contributed by atoms with Crippen molar-refractivity contribution in [1.29, 1.82) is 0 Å². The Morgan fingerprint density at radius 3 is 2.54 bits per heavy atom. The number of aromatic nitrogens is 2. The molecule has 2 rings (SSSR count). The third-order valence-electron chi connectivity index (χ3n) is 3.08. The van der Waals surface area contributed by atoms with E-state index >= 15 is 0 Å². The summed E-state index contributed by atoms with van der Waals surface area (Å²) in [6, 6.07) is 4.48. The molecule has 0 spiro atoms. The van der Waals surface area contributed by atoms with E-state index < -0.39 is 11.9 Å². The first-order valence-corrected chi connectivity index (χ1v) is 7.68. The maximum absolute atomic E-state index is 12.3. The van der Waals surface area contributed by atoms with Crippen molar-refractivity contribution in [3.63, 3.8) is 0 Å². The lowest BCUT2D eigenvalue weighted by Gasteiger charge is -2.09. The Morgan fingerprint density at radius 2 is 1.92 bits per heavy atom. The van der Waals surface area contributed by atoms with Gasteiger partial charge in [0.2, 0.25) is 5.95 Å². The highest BCUT2D eigenvalue weighted by atomic mass is 35.5. The zero-order valence-electron chi connectivity index (χ0n) is 13.3. The molecule has 24 heavy (non-hydrogen) atoms. The SMILES string of the molecule is CCCNc1ncc(C(=O)Nc2cc(C(=O)OC)ccc2Cl)cn1. The second-order valence-corrected chi connectivity index (χ2v) is 5.27. The van der Waals surface area contributed by atoms with Crippen LogP contribution in [0, 0.1) is 0 Å². The molecule has 1 aromatic carbocycles. The van der Waals surface area contributed by atoms with Gasteiger partial charge >= 0.3 is 5.97 Å². The van der Waals surface area contributed by atoms with E-state index in [1.807, 2.05) is 6.92 Å². The maximum Gasteiger partial charge on any atom is 0.337 e. The Balaban J connectivity index is 2.13. The molecule has 7 nitrogen and oxygen atoms in total. The highest BCUT2D eigenvalue weighted by molar-refractivity contribution is 6.34. The van der Waals surface area contributed by atoms with Gasteiger partial charge in [0.1, 0.15) is 0 Å². The van der Waals surface area contributed by atoms with Gasteiger partial charge in [-0.15, -0.1) is 0 Å². The van der Waals surface area contributed by atoms with E-state index in [1.165, 1.54) is 37.7 Å². The van der Waals surface area contributed by atoms with Crippen molar-refractivity contribution >= 4 is 35.1 Å². The topological polar surface area (TPSA) is 93.2 Å². The van der Waals surface area contributed by atoms with Crippen LogP contribution < -0.4 is 10.6 Å². The fourth-order valence-electron chi connectivity index (χ4n) is 1.83. The lowest BCUT2D eigenvalue weighted by atomic mass is 10.2. The van der Waals surface area contributed by atoms with Gasteiger partial charge in [0, 0.05) is 18.9 Å². The number of amides is 1. The third kappa shape index (κ3) is 4.42. The standard InChI is InChI=1S/C16H17ClN4O3/c1-3-6-18-16-19-8-11(9-20-16)14(22)21-13-7-10(15(23)24-2)4-5-12(13)17/h4-5,7-9H,3,6H2,1-2H3,(H,21,22)(H,18,19,20). The van der Waals surface area contributed by atoms with Crippen LogP contribution in [0.25, 0.3) is 0 Å². The largest absolute Gasteiger partial charge is 0.465 e. The molecule has 0 aliphatic carbocycles. The molecular weight excluding hydrogens is 332 g/mol. The van der Waals surface area contributed by atoms with Gasteiger partial charge < -0.3 is 15.4 Å². The fourth-order valence-corrected chi connectivity index (χ4v) is 2.00. The minimum atomic E-state index is -0.517. The molecule has 0 aliphatic heterocycles. The minimum absolute atomic E-state index is 0.275. The number of rotatable bonds is 6. The second kappa shape index (κ2) is 8.26. The number of carbonyl (C=O) groups excluding carboxylic acids is 2. The summed E-state index contributed by atoms with van der Waals surface area (Å²) in [5.41, 5.74) is 0.863. The lowest BCUT2D eigenvalue weighted by molar-refractivity contribution is 0.0600. The Kier molecular flexibility index (Phi) is 6.08. The maximum atomic E-state index is 12.3. The van der Waals surface area contributed by atoms with E-state index in [1.54, 1.807) is 0 Å². The van der Waals surface area contributed by atoms with Crippen LogP contribution >= 0.6 is 11.6 Å². The summed E-state index contributed by atoms with van der Waals surface area (Å²) in [6.07, 6.45) is 3.78. The monoisotopic (exact) mass is 348 g/mol. The first-order valence-electron chi connectivity index (χ1n) is 7.30. The molecular formula is C16H17ClN4O3. The summed E-state index contributed by atoms with van der Waals surface area (Å²) in [4.78, 5) is 31.9. The molecule has 0 aliphatic rings. The number of nitrogens with zero attached hydrogens (tertiary/aromatic N) is 2. The number of hydrogen-bond acceptors (Lipinski definition) is 6. The molecule has 1 heterocycles. The molecule has 0 radical (unpaired) electrons. The molecule has 0 atom stereocenters. The highest BCUT2D eigenvalue weighted by Crippen LogP contribution is 2.24. The first-order chi connectivity index (χ1) is 11.5. The van der Waals surface area contributed by atoms with Crippen molar-refractivity contribution in [1.82, 2.24) is 9.97 Å². The van der Waals surface area contributed by atoms with Crippen molar-refractivity contribution < 1.29 is 14.3 Å². The molecule has 2 aromatic rings. The Hall–Kier alpha value is -2.67. The van der Waals surface area contributed by atoms with Crippen molar-refractivity contribution in [2.24, 2.45) is 0 Å². The first kappa shape index (κ1) is 17.7. The number of carbonyl (C=O) groups is 2. The normalized spacial score (nSPS) is 10.1. The van der Waals surface area contributed by atoms with Gasteiger partial charge in [0.25, 0.3) is 5.91 Å². The number of nitrogens with one attached hydrogen (secondary N) is 2. The van der Waals surface area contributed by atoms with E-state index in [2.05, 4.69) is 25.3 Å². The molecule has 0 fully saturated rings. The lowest BCUT2D eigenvalue weighted by Crippen LogP contribution is -2.14. The summed E-state index contributed by atoms with van der Waals surface area (Å²) in [5.74, 6) is -0.489. The van der Waals surface area contributed by atoms with Gasteiger partial charge in [-0.2, -0.15) is 0 Å². The Labute approximate surface area is 144 Å². The van der Waals surface area contributed by atoms with E-state index in [9.17, 15) is 9.59 Å². The average Bonchev–Trinajstić information content (AvgIpc) is 2.61. The molecule has 0 unspecified atom stereocenters. The van der Waals surface area contributed by atoms with E-state index in [-0.39, 0.29) is 11.1 Å². The van der Waals surface area contributed by atoms with Gasteiger partial charge in [-0.3, -0.25) is 4.79 Å². The van der Waals surface area contributed by atoms with E-state index in [4.69, 9.17) is 11.6 Å². The molecule has 0 bridgehead atoms. The van der Waals surface area contributed by atoms with Crippen molar-refractivity contribution in [3.05, 3.63) is 46.7 Å². The van der Waals surface area contributed by atoms with E-state index in [0.717, 1.165) is 13.0 Å². The molecule has 1 amide bonds. The van der Waals surface area contributed by atoms with Crippen molar-refractivity contribution in [2.45, 2.75) is 13.3 Å². The molecule has 0 saturated carbocycles. The minimum Gasteiger partial charge on any atom is -0.465 e.